The van der Waals surface area contributed by atoms with Gasteiger partial charge in [-0.15, -0.1) is 0 Å². The Bertz CT molecular complexity index is 699. The van der Waals surface area contributed by atoms with Crippen LogP contribution in [-0.4, -0.2) is 16.6 Å². The Kier molecular flexibility index (Phi) is 14.5. The molecule has 0 aliphatic rings. The number of unbranched alkanes of at least 4 members (excludes halogenated alkanes) is 13. The molecule has 0 bridgehead atoms. The monoisotopic (exact) mass is 438 g/mol. The summed E-state index contributed by atoms with van der Waals surface area (Å²) in [5.74, 6) is 1.66. The second-order valence-corrected chi connectivity index (χ2v) is 9.11. The van der Waals surface area contributed by atoms with Crippen LogP contribution in [0.2, 0.25) is 0 Å². The van der Waals surface area contributed by atoms with Crippen molar-refractivity contribution >= 4 is 0 Å². The van der Waals surface area contributed by atoms with Crippen LogP contribution in [-0.2, 0) is 6.42 Å². The molecule has 0 N–H and O–H groups in total. The molecule has 2 rings (SSSR count). The summed E-state index contributed by atoms with van der Waals surface area (Å²) in [5.41, 5.74) is 2.23. The molecule has 0 unspecified atom stereocenters. The van der Waals surface area contributed by atoms with Crippen molar-refractivity contribution in [2.24, 2.45) is 0 Å². The third-order valence-electron chi connectivity index (χ3n) is 6.16. The first-order valence-electron chi connectivity index (χ1n) is 13.4. The maximum Gasteiger partial charge on any atom is 0.162 e. The Morgan fingerprint density at radius 3 is 1.78 bits per heavy atom. The standard InChI is InChI=1S/C29H46N2O/c1-3-5-7-9-11-12-13-14-16-20-26-24-30-29(31-25-26)27-21-17-18-22-28(27)32-23-19-15-10-8-6-4-2/h17-18,21-22,24-25H,3-16,19-20,23H2,1-2H3. The lowest BCUT2D eigenvalue weighted by Gasteiger charge is -2.11. The number of nitrogens with zero attached hydrogens (tertiary/aromatic N) is 2. The van der Waals surface area contributed by atoms with Crippen molar-refractivity contribution in [1.29, 1.82) is 0 Å². The summed E-state index contributed by atoms with van der Waals surface area (Å²) in [4.78, 5) is 9.31. The van der Waals surface area contributed by atoms with Gasteiger partial charge in [-0.05, 0) is 37.0 Å². The van der Waals surface area contributed by atoms with Crippen molar-refractivity contribution in [2.75, 3.05) is 6.61 Å². The van der Waals surface area contributed by atoms with Gasteiger partial charge in [-0.1, -0.05) is 109 Å². The Hall–Kier alpha value is -1.90. The smallest absolute Gasteiger partial charge is 0.162 e. The van der Waals surface area contributed by atoms with E-state index in [2.05, 4.69) is 29.9 Å². The van der Waals surface area contributed by atoms with Crippen LogP contribution in [0, 0.1) is 0 Å². The van der Waals surface area contributed by atoms with Gasteiger partial charge in [0.25, 0.3) is 0 Å². The largest absolute Gasteiger partial charge is 0.493 e. The van der Waals surface area contributed by atoms with Gasteiger partial charge < -0.3 is 4.74 Å². The van der Waals surface area contributed by atoms with E-state index in [0.717, 1.165) is 36.6 Å². The molecule has 0 aliphatic heterocycles. The molecule has 0 saturated carbocycles. The molecule has 32 heavy (non-hydrogen) atoms. The minimum Gasteiger partial charge on any atom is -0.493 e. The maximum atomic E-state index is 6.08. The zero-order valence-electron chi connectivity index (χ0n) is 20.8. The van der Waals surface area contributed by atoms with Crippen molar-refractivity contribution in [3.8, 4) is 17.1 Å². The summed E-state index contributed by atoms with van der Waals surface area (Å²) in [5, 5.41) is 0. The van der Waals surface area contributed by atoms with E-state index in [1.165, 1.54) is 95.5 Å². The molecule has 1 heterocycles. The molecule has 0 aliphatic carbocycles. The van der Waals surface area contributed by atoms with Crippen LogP contribution in [0.15, 0.2) is 36.7 Å². The molecule has 3 heteroatoms. The Morgan fingerprint density at radius 2 is 1.16 bits per heavy atom. The Labute approximate surface area is 197 Å². The quantitative estimate of drug-likeness (QED) is 0.205. The van der Waals surface area contributed by atoms with E-state index in [4.69, 9.17) is 4.74 Å². The fraction of sp³-hybridized carbons (Fsp3) is 0.655. The van der Waals surface area contributed by atoms with Crippen LogP contribution >= 0.6 is 0 Å². The Morgan fingerprint density at radius 1 is 0.625 bits per heavy atom. The topological polar surface area (TPSA) is 35.0 Å². The van der Waals surface area contributed by atoms with Crippen molar-refractivity contribution in [1.82, 2.24) is 9.97 Å². The molecule has 1 aromatic carbocycles. The van der Waals surface area contributed by atoms with E-state index in [-0.39, 0.29) is 0 Å². The van der Waals surface area contributed by atoms with Crippen molar-refractivity contribution in [3.63, 3.8) is 0 Å². The van der Waals surface area contributed by atoms with Gasteiger partial charge in [0.1, 0.15) is 5.75 Å². The molecule has 178 valence electrons. The number of ether oxygens (including phenoxy) is 1. The van der Waals surface area contributed by atoms with Crippen LogP contribution in [0.1, 0.15) is 116 Å². The molecule has 1 aromatic heterocycles. The van der Waals surface area contributed by atoms with Gasteiger partial charge in [-0.25, -0.2) is 9.97 Å². The highest BCUT2D eigenvalue weighted by molar-refractivity contribution is 5.63. The highest BCUT2D eigenvalue weighted by Crippen LogP contribution is 2.27. The third kappa shape index (κ3) is 11.1. The molecular formula is C29H46N2O. The lowest BCUT2D eigenvalue weighted by atomic mass is 10.1. The van der Waals surface area contributed by atoms with Gasteiger partial charge in [0.15, 0.2) is 5.82 Å². The second kappa shape index (κ2) is 17.6. The fourth-order valence-corrected chi connectivity index (χ4v) is 4.10. The molecule has 0 spiro atoms. The summed E-state index contributed by atoms with van der Waals surface area (Å²) in [6, 6.07) is 8.16. The number of benzene rings is 1. The van der Waals surface area contributed by atoms with Gasteiger partial charge in [-0.2, -0.15) is 0 Å². The molecular weight excluding hydrogens is 392 g/mol. The van der Waals surface area contributed by atoms with Gasteiger partial charge in [0, 0.05) is 12.4 Å². The SMILES string of the molecule is CCCCCCCCCCCc1cnc(-c2ccccc2OCCCCCCCC)nc1. The number of aryl methyl sites for hydroxylation is 1. The fourth-order valence-electron chi connectivity index (χ4n) is 4.10. The molecule has 3 nitrogen and oxygen atoms in total. The van der Waals surface area contributed by atoms with Crippen molar-refractivity contribution in [2.45, 2.75) is 117 Å². The van der Waals surface area contributed by atoms with Gasteiger partial charge in [-0.3, -0.25) is 0 Å². The summed E-state index contributed by atoms with van der Waals surface area (Å²) in [6.07, 6.45) is 24.9. The van der Waals surface area contributed by atoms with Gasteiger partial charge in [0.2, 0.25) is 0 Å². The summed E-state index contributed by atoms with van der Waals surface area (Å²) < 4.78 is 6.08. The van der Waals surface area contributed by atoms with Crippen LogP contribution in [0.5, 0.6) is 5.75 Å². The van der Waals surface area contributed by atoms with E-state index < -0.39 is 0 Å². The van der Waals surface area contributed by atoms with E-state index in [1.807, 2.05) is 30.6 Å². The number of hydrogen-bond acceptors (Lipinski definition) is 3. The zero-order valence-corrected chi connectivity index (χ0v) is 20.8. The number of rotatable bonds is 19. The first kappa shape index (κ1) is 26.4. The molecule has 0 amide bonds. The highest BCUT2D eigenvalue weighted by Gasteiger charge is 2.09. The second-order valence-electron chi connectivity index (χ2n) is 9.11. The lowest BCUT2D eigenvalue weighted by Crippen LogP contribution is -2.00. The summed E-state index contributed by atoms with van der Waals surface area (Å²) in [7, 11) is 0. The van der Waals surface area contributed by atoms with E-state index in [1.54, 1.807) is 0 Å². The number of aromatic nitrogens is 2. The summed E-state index contributed by atoms with van der Waals surface area (Å²) >= 11 is 0. The van der Waals surface area contributed by atoms with Crippen LogP contribution in [0.4, 0.5) is 0 Å². The molecule has 2 aromatic rings. The van der Waals surface area contributed by atoms with Crippen LogP contribution in [0.25, 0.3) is 11.4 Å². The van der Waals surface area contributed by atoms with Crippen molar-refractivity contribution < 1.29 is 4.74 Å². The first-order valence-corrected chi connectivity index (χ1v) is 13.4. The van der Waals surface area contributed by atoms with Gasteiger partial charge >= 0.3 is 0 Å². The minimum absolute atomic E-state index is 0.763. The average molecular weight is 439 g/mol. The van der Waals surface area contributed by atoms with Crippen molar-refractivity contribution in [3.05, 3.63) is 42.2 Å². The molecule has 0 saturated heterocycles. The average Bonchev–Trinajstić information content (AvgIpc) is 2.83. The third-order valence-corrected chi connectivity index (χ3v) is 6.16. The number of hydrogen-bond donors (Lipinski definition) is 0. The minimum atomic E-state index is 0.763. The van der Waals surface area contributed by atoms with Gasteiger partial charge in [0.05, 0.1) is 12.2 Å². The number of para-hydroxylation sites is 1. The predicted octanol–water partition coefficient (Wildman–Crippen LogP) is 8.96. The summed E-state index contributed by atoms with van der Waals surface area (Å²) in [6.45, 7) is 5.30. The lowest BCUT2D eigenvalue weighted by molar-refractivity contribution is 0.305. The zero-order chi connectivity index (χ0) is 22.7. The van der Waals surface area contributed by atoms with Crippen LogP contribution < -0.4 is 4.74 Å². The first-order chi connectivity index (χ1) is 15.8. The van der Waals surface area contributed by atoms with E-state index >= 15 is 0 Å². The Balaban J connectivity index is 1.69. The normalized spacial score (nSPS) is 11.1. The molecule has 0 atom stereocenters. The molecule has 0 radical (unpaired) electrons. The van der Waals surface area contributed by atoms with E-state index in [9.17, 15) is 0 Å². The highest BCUT2D eigenvalue weighted by atomic mass is 16.5. The van der Waals surface area contributed by atoms with Crippen LogP contribution in [0.3, 0.4) is 0 Å². The molecule has 0 fully saturated rings. The van der Waals surface area contributed by atoms with E-state index in [0.29, 0.717) is 0 Å². The predicted molar refractivity (Wildman–Crippen MR) is 137 cm³/mol. The maximum absolute atomic E-state index is 6.08.